The van der Waals surface area contributed by atoms with E-state index in [1.54, 1.807) is 0 Å². The van der Waals surface area contributed by atoms with Crippen LogP contribution in [0.25, 0.3) is 0 Å². The molecule has 0 unspecified atom stereocenters. The number of anilines is 1. The van der Waals surface area contributed by atoms with Crippen LogP contribution in [0.5, 0.6) is 0 Å². The zero-order chi connectivity index (χ0) is 13.8. The monoisotopic (exact) mass is 261 g/mol. The van der Waals surface area contributed by atoms with Crippen LogP contribution < -0.4 is 10.6 Å². The molecule has 1 aliphatic carbocycles. The van der Waals surface area contributed by atoms with E-state index in [1.807, 2.05) is 19.2 Å². The average molecular weight is 261 g/mol. The van der Waals surface area contributed by atoms with Crippen LogP contribution in [0.2, 0.25) is 0 Å². The zero-order valence-electron chi connectivity index (χ0n) is 12.5. The van der Waals surface area contributed by atoms with Gasteiger partial charge in [-0.3, -0.25) is 4.98 Å². The third-order valence-corrected chi connectivity index (χ3v) is 4.59. The first-order chi connectivity index (χ1) is 9.11. The molecular weight excluding hydrogens is 234 g/mol. The minimum absolute atomic E-state index is 0.0133. The summed E-state index contributed by atoms with van der Waals surface area (Å²) in [6, 6.07) is 4.89. The molecule has 0 saturated heterocycles. The van der Waals surface area contributed by atoms with Crippen molar-refractivity contribution in [2.45, 2.75) is 58.0 Å². The largest absolute Gasteiger partial charge is 0.370 e. The number of pyridine rings is 1. The summed E-state index contributed by atoms with van der Waals surface area (Å²) in [6.45, 7) is 4.28. The van der Waals surface area contributed by atoms with E-state index in [4.69, 9.17) is 5.73 Å². The molecular formula is C16H27N3. The predicted octanol–water partition coefficient (Wildman–Crippen LogP) is 3.51. The Balaban J connectivity index is 1.97. The lowest BCUT2D eigenvalue weighted by atomic mass is 9.84. The van der Waals surface area contributed by atoms with Crippen molar-refractivity contribution in [2.75, 3.05) is 11.9 Å². The van der Waals surface area contributed by atoms with E-state index in [2.05, 4.69) is 29.9 Å². The fraction of sp³-hybridized carbons (Fsp3) is 0.688. The van der Waals surface area contributed by atoms with Crippen LogP contribution in [0.15, 0.2) is 18.3 Å². The highest BCUT2D eigenvalue weighted by Gasteiger charge is 2.23. The third kappa shape index (κ3) is 3.47. The molecule has 1 heterocycles. The maximum absolute atomic E-state index is 5.84. The molecule has 2 N–H and O–H groups in total. The van der Waals surface area contributed by atoms with Crippen molar-refractivity contribution < 1.29 is 0 Å². The summed E-state index contributed by atoms with van der Waals surface area (Å²) in [5.41, 5.74) is 8.01. The highest BCUT2D eigenvalue weighted by atomic mass is 15.1. The molecule has 0 bridgehead atoms. The Bertz CT molecular complexity index is 377. The molecule has 0 aromatic carbocycles. The van der Waals surface area contributed by atoms with Gasteiger partial charge in [0.1, 0.15) is 0 Å². The van der Waals surface area contributed by atoms with Gasteiger partial charge in [0.05, 0.1) is 17.6 Å². The predicted molar refractivity (Wildman–Crippen MR) is 81.3 cm³/mol. The normalized spacial score (nSPS) is 25.1. The molecule has 1 aromatic rings. The molecule has 3 nitrogen and oxygen atoms in total. The van der Waals surface area contributed by atoms with Crippen molar-refractivity contribution in [3.63, 3.8) is 0 Å². The van der Waals surface area contributed by atoms with Gasteiger partial charge < -0.3 is 10.6 Å². The van der Waals surface area contributed by atoms with Crippen molar-refractivity contribution in [1.29, 1.82) is 0 Å². The number of hydrogen-bond acceptors (Lipinski definition) is 3. The lowest BCUT2D eigenvalue weighted by molar-refractivity contribution is 0.313. The second kappa shape index (κ2) is 6.38. The van der Waals surface area contributed by atoms with Gasteiger partial charge in [0.15, 0.2) is 0 Å². The van der Waals surface area contributed by atoms with Crippen molar-refractivity contribution in [3.05, 3.63) is 24.0 Å². The van der Waals surface area contributed by atoms with Crippen molar-refractivity contribution in [2.24, 2.45) is 11.7 Å². The third-order valence-electron chi connectivity index (χ3n) is 4.59. The molecule has 1 fully saturated rings. The Labute approximate surface area is 117 Å². The summed E-state index contributed by atoms with van der Waals surface area (Å²) in [6.07, 6.45) is 8.66. The lowest BCUT2D eigenvalue weighted by Gasteiger charge is -2.35. The van der Waals surface area contributed by atoms with E-state index >= 15 is 0 Å². The van der Waals surface area contributed by atoms with Gasteiger partial charge in [0, 0.05) is 19.1 Å². The highest BCUT2D eigenvalue weighted by Crippen LogP contribution is 2.31. The van der Waals surface area contributed by atoms with Crippen molar-refractivity contribution in [1.82, 2.24) is 4.98 Å². The number of rotatable bonds is 4. The van der Waals surface area contributed by atoms with E-state index in [0.29, 0.717) is 6.04 Å². The SMILES string of the molecule is CCC1CCC(N(C)c2ccc([C@H](C)N)nc2)CC1. The minimum atomic E-state index is 0.0133. The van der Waals surface area contributed by atoms with Gasteiger partial charge in [0.2, 0.25) is 0 Å². The van der Waals surface area contributed by atoms with Crippen molar-refractivity contribution in [3.8, 4) is 0 Å². The van der Waals surface area contributed by atoms with Gasteiger partial charge in [-0.15, -0.1) is 0 Å². The Morgan fingerprint density at radius 1 is 1.32 bits per heavy atom. The molecule has 0 aliphatic heterocycles. The molecule has 106 valence electrons. The van der Waals surface area contributed by atoms with Crippen LogP contribution in [0.4, 0.5) is 5.69 Å². The molecule has 1 saturated carbocycles. The first kappa shape index (κ1) is 14.3. The molecule has 1 aromatic heterocycles. The second-order valence-corrected chi connectivity index (χ2v) is 5.92. The Morgan fingerprint density at radius 3 is 2.47 bits per heavy atom. The maximum atomic E-state index is 5.84. The van der Waals surface area contributed by atoms with E-state index in [1.165, 1.54) is 37.8 Å². The van der Waals surface area contributed by atoms with Crippen LogP contribution in [0.3, 0.4) is 0 Å². The van der Waals surface area contributed by atoms with E-state index in [9.17, 15) is 0 Å². The minimum Gasteiger partial charge on any atom is -0.370 e. The maximum Gasteiger partial charge on any atom is 0.0569 e. The number of nitrogens with two attached hydrogens (primary N) is 1. The summed E-state index contributed by atoms with van der Waals surface area (Å²) in [5.74, 6) is 0.947. The molecule has 1 atom stereocenters. The molecule has 19 heavy (non-hydrogen) atoms. The number of hydrogen-bond donors (Lipinski definition) is 1. The smallest absolute Gasteiger partial charge is 0.0569 e. The summed E-state index contributed by atoms with van der Waals surface area (Å²) in [7, 11) is 2.19. The molecule has 1 aliphatic rings. The molecule has 0 spiro atoms. The van der Waals surface area contributed by atoms with E-state index < -0.39 is 0 Å². The summed E-state index contributed by atoms with van der Waals surface area (Å²) in [4.78, 5) is 6.85. The van der Waals surface area contributed by atoms with Gasteiger partial charge in [-0.05, 0) is 50.7 Å². The fourth-order valence-electron chi connectivity index (χ4n) is 3.03. The Kier molecular flexibility index (Phi) is 4.81. The number of nitrogens with zero attached hydrogens (tertiary/aromatic N) is 2. The lowest BCUT2D eigenvalue weighted by Crippen LogP contribution is -2.35. The standard InChI is InChI=1S/C16H27N3/c1-4-13-5-7-14(8-6-13)19(3)15-9-10-16(12(2)17)18-11-15/h9-14H,4-8,17H2,1-3H3/t12-,13?,14?/m0/s1. The van der Waals surface area contributed by atoms with Crippen LogP contribution >= 0.6 is 0 Å². The van der Waals surface area contributed by atoms with Crippen LogP contribution in [0.1, 0.15) is 57.7 Å². The summed E-state index contributed by atoms with van der Waals surface area (Å²) < 4.78 is 0. The van der Waals surface area contributed by atoms with Gasteiger partial charge in [-0.1, -0.05) is 13.3 Å². The van der Waals surface area contributed by atoms with Gasteiger partial charge in [0.25, 0.3) is 0 Å². The highest BCUT2D eigenvalue weighted by molar-refractivity contribution is 5.45. The van der Waals surface area contributed by atoms with Crippen LogP contribution in [-0.4, -0.2) is 18.1 Å². The van der Waals surface area contributed by atoms with E-state index in [-0.39, 0.29) is 6.04 Å². The molecule has 3 heteroatoms. The topological polar surface area (TPSA) is 42.1 Å². The molecule has 2 rings (SSSR count). The Morgan fingerprint density at radius 2 is 2.00 bits per heavy atom. The van der Waals surface area contributed by atoms with E-state index in [0.717, 1.165) is 11.6 Å². The summed E-state index contributed by atoms with van der Waals surface area (Å²) in [5, 5.41) is 0. The average Bonchev–Trinajstić information content (AvgIpc) is 2.46. The van der Waals surface area contributed by atoms with Crippen LogP contribution in [-0.2, 0) is 0 Å². The molecule has 0 amide bonds. The second-order valence-electron chi connectivity index (χ2n) is 5.92. The van der Waals surface area contributed by atoms with Gasteiger partial charge in [-0.25, -0.2) is 0 Å². The quantitative estimate of drug-likeness (QED) is 0.902. The molecule has 0 radical (unpaired) electrons. The van der Waals surface area contributed by atoms with Crippen LogP contribution in [0, 0.1) is 5.92 Å². The zero-order valence-corrected chi connectivity index (χ0v) is 12.5. The van der Waals surface area contributed by atoms with Gasteiger partial charge in [-0.2, -0.15) is 0 Å². The van der Waals surface area contributed by atoms with Gasteiger partial charge >= 0.3 is 0 Å². The van der Waals surface area contributed by atoms with Crippen molar-refractivity contribution >= 4 is 5.69 Å². The number of aromatic nitrogens is 1. The first-order valence-electron chi connectivity index (χ1n) is 7.56. The first-order valence-corrected chi connectivity index (χ1v) is 7.56. The summed E-state index contributed by atoms with van der Waals surface area (Å²) >= 11 is 0. The Hall–Kier alpha value is -1.09. The fourth-order valence-corrected chi connectivity index (χ4v) is 3.03.